The van der Waals surface area contributed by atoms with E-state index >= 15 is 0 Å². The summed E-state index contributed by atoms with van der Waals surface area (Å²) in [5.74, 6) is -0.199. The number of H-pyrrole nitrogens is 1. The Bertz CT molecular complexity index is 1060. The molecule has 0 spiro atoms. The first-order valence-electron chi connectivity index (χ1n) is 9.52. The predicted molar refractivity (Wildman–Crippen MR) is 115 cm³/mol. The molecule has 2 aromatic heterocycles. The van der Waals surface area contributed by atoms with Crippen molar-refractivity contribution in [1.29, 1.82) is 0 Å². The van der Waals surface area contributed by atoms with Crippen molar-refractivity contribution in [3.05, 3.63) is 59.9 Å². The number of hydrogen-bond acceptors (Lipinski definition) is 4. The van der Waals surface area contributed by atoms with E-state index in [2.05, 4.69) is 15.3 Å². The van der Waals surface area contributed by atoms with E-state index in [1.807, 2.05) is 42.5 Å². The van der Waals surface area contributed by atoms with Crippen LogP contribution in [-0.4, -0.2) is 40.1 Å². The third-order valence-corrected chi connectivity index (χ3v) is 4.81. The fourth-order valence-corrected chi connectivity index (χ4v) is 3.36. The van der Waals surface area contributed by atoms with Gasteiger partial charge >= 0.3 is 5.97 Å². The summed E-state index contributed by atoms with van der Waals surface area (Å²) in [6, 6.07) is 13.3. The topological polar surface area (TPSA) is 104 Å². The molecule has 0 aliphatic carbocycles. The van der Waals surface area contributed by atoms with Crippen LogP contribution in [-0.2, 0) is 11.2 Å². The average molecular weight is 428 g/mol. The summed E-state index contributed by atoms with van der Waals surface area (Å²) in [4.78, 5) is 30.4. The van der Waals surface area contributed by atoms with Crippen molar-refractivity contribution in [2.75, 3.05) is 13.2 Å². The second kappa shape index (κ2) is 9.45. The van der Waals surface area contributed by atoms with Crippen LogP contribution in [0.3, 0.4) is 0 Å². The third kappa shape index (κ3) is 4.80. The molecule has 0 saturated heterocycles. The van der Waals surface area contributed by atoms with Crippen molar-refractivity contribution in [3.8, 4) is 28.3 Å². The van der Waals surface area contributed by atoms with Gasteiger partial charge in [-0.1, -0.05) is 12.1 Å². The molecule has 0 atom stereocenters. The first kappa shape index (κ1) is 21.4. The molecule has 7 nitrogen and oxygen atoms in total. The first-order valence-corrected chi connectivity index (χ1v) is 9.52. The molecule has 1 amide bonds. The standard InChI is InChI=1S/C22H21N3O4.ClH/c26-21(27)5-2-10-29-16-4-1-3-14(11-16)19-12-15(6-8-23-19)20-13-17-18(25-20)7-9-24-22(17)28;/h1,3-4,6,8,11-13,25H,2,5,7,9-10H2,(H,24,28)(H,26,27);1H. The van der Waals surface area contributed by atoms with Crippen molar-refractivity contribution in [2.45, 2.75) is 19.3 Å². The molecule has 3 N–H and O–H groups in total. The highest BCUT2D eigenvalue weighted by molar-refractivity contribution is 5.97. The summed E-state index contributed by atoms with van der Waals surface area (Å²) in [6.07, 6.45) is 3.07. The molecule has 0 unspecified atom stereocenters. The first-order chi connectivity index (χ1) is 14.1. The molecule has 0 bridgehead atoms. The maximum absolute atomic E-state index is 12.0. The van der Waals surface area contributed by atoms with Crippen LogP contribution in [0.1, 0.15) is 28.9 Å². The van der Waals surface area contributed by atoms with Crippen LogP contribution in [0.15, 0.2) is 48.7 Å². The number of carboxylic acids is 1. The summed E-state index contributed by atoms with van der Waals surface area (Å²) in [6.45, 7) is 0.992. The van der Waals surface area contributed by atoms with E-state index in [0.29, 0.717) is 30.9 Å². The number of carboxylic acid groups (broad SMARTS) is 1. The van der Waals surface area contributed by atoms with Crippen LogP contribution in [0.25, 0.3) is 22.5 Å². The summed E-state index contributed by atoms with van der Waals surface area (Å²) >= 11 is 0. The Labute approximate surface area is 179 Å². The number of carbonyl (C=O) groups excluding carboxylic acids is 1. The summed E-state index contributed by atoms with van der Waals surface area (Å²) in [7, 11) is 0. The molecule has 156 valence electrons. The second-order valence-corrected chi connectivity index (χ2v) is 6.88. The van der Waals surface area contributed by atoms with E-state index in [-0.39, 0.29) is 24.7 Å². The molecule has 1 aliphatic heterocycles. The lowest BCUT2D eigenvalue weighted by atomic mass is 10.1. The fraction of sp³-hybridized carbons (Fsp3) is 0.227. The van der Waals surface area contributed by atoms with E-state index in [9.17, 15) is 9.59 Å². The van der Waals surface area contributed by atoms with Crippen LogP contribution in [0.5, 0.6) is 5.75 Å². The van der Waals surface area contributed by atoms with E-state index < -0.39 is 5.97 Å². The Morgan fingerprint density at radius 3 is 2.83 bits per heavy atom. The SMILES string of the molecule is Cl.O=C(O)CCCOc1cccc(-c2cc(-c3cc4c([nH]3)CCNC4=O)ccn2)c1. The monoisotopic (exact) mass is 427 g/mol. The molecule has 0 fully saturated rings. The average Bonchev–Trinajstić information content (AvgIpc) is 3.17. The van der Waals surface area contributed by atoms with Crippen molar-refractivity contribution < 1.29 is 19.4 Å². The minimum absolute atomic E-state index is 0. The van der Waals surface area contributed by atoms with Crippen molar-refractivity contribution in [2.24, 2.45) is 0 Å². The number of halogens is 1. The molecular weight excluding hydrogens is 406 g/mol. The number of benzene rings is 1. The molecule has 3 heterocycles. The predicted octanol–water partition coefficient (Wildman–Crippen LogP) is 3.70. The van der Waals surface area contributed by atoms with Crippen LogP contribution >= 0.6 is 12.4 Å². The number of amides is 1. The van der Waals surface area contributed by atoms with Gasteiger partial charge in [0.1, 0.15) is 5.75 Å². The Kier molecular flexibility index (Phi) is 6.74. The molecule has 0 radical (unpaired) electrons. The maximum Gasteiger partial charge on any atom is 0.303 e. The van der Waals surface area contributed by atoms with E-state index in [1.165, 1.54) is 0 Å². The smallest absolute Gasteiger partial charge is 0.303 e. The van der Waals surface area contributed by atoms with E-state index in [1.54, 1.807) is 6.20 Å². The van der Waals surface area contributed by atoms with Gasteiger partial charge in [-0.05, 0) is 36.8 Å². The van der Waals surface area contributed by atoms with Crippen LogP contribution in [0, 0.1) is 0 Å². The minimum Gasteiger partial charge on any atom is -0.494 e. The number of aromatic nitrogens is 2. The van der Waals surface area contributed by atoms with Crippen LogP contribution < -0.4 is 10.1 Å². The fourth-order valence-electron chi connectivity index (χ4n) is 3.36. The van der Waals surface area contributed by atoms with Crippen molar-refractivity contribution in [1.82, 2.24) is 15.3 Å². The lowest BCUT2D eigenvalue weighted by molar-refractivity contribution is -0.137. The van der Waals surface area contributed by atoms with E-state index in [4.69, 9.17) is 9.84 Å². The number of carbonyl (C=O) groups is 2. The number of aromatic amines is 1. The van der Waals surface area contributed by atoms with Crippen LogP contribution in [0.4, 0.5) is 0 Å². The number of fused-ring (bicyclic) bond motifs is 1. The number of nitrogens with one attached hydrogen (secondary N) is 2. The van der Waals surface area contributed by atoms with Gasteiger partial charge in [-0.25, -0.2) is 0 Å². The van der Waals surface area contributed by atoms with Gasteiger partial charge in [-0.2, -0.15) is 0 Å². The molecule has 0 saturated carbocycles. The molecule has 3 aromatic rings. The van der Waals surface area contributed by atoms with Crippen molar-refractivity contribution >= 4 is 24.3 Å². The molecule has 4 rings (SSSR count). The highest BCUT2D eigenvalue weighted by Crippen LogP contribution is 2.28. The Morgan fingerprint density at radius 2 is 2.03 bits per heavy atom. The normalized spacial score (nSPS) is 12.5. The third-order valence-electron chi connectivity index (χ3n) is 4.81. The Hall–Kier alpha value is -3.32. The summed E-state index contributed by atoms with van der Waals surface area (Å²) < 4.78 is 5.66. The molecular formula is C22H22ClN3O4. The van der Waals surface area contributed by atoms with Gasteiger partial charge in [0.2, 0.25) is 0 Å². The molecule has 1 aliphatic rings. The number of aliphatic carboxylic acids is 1. The van der Waals surface area contributed by atoms with Gasteiger partial charge < -0.3 is 20.1 Å². The minimum atomic E-state index is -0.827. The number of hydrogen-bond donors (Lipinski definition) is 3. The number of nitrogens with zero attached hydrogens (tertiary/aromatic N) is 1. The zero-order valence-electron chi connectivity index (χ0n) is 16.2. The van der Waals surface area contributed by atoms with E-state index in [0.717, 1.165) is 34.6 Å². The van der Waals surface area contributed by atoms with Crippen LogP contribution in [0.2, 0.25) is 0 Å². The zero-order chi connectivity index (χ0) is 20.2. The highest BCUT2D eigenvalue weighted by atomic mass is 35.5. The number of ether oxygens (including phenoxy) is 1. The van der Waals surface area contributed by atoms with Gasteiger partial charge in [-0.15, -0.1) is 12.4 Å². The quantitative estimate of drug-likeness (QED) is 0.499. The largest absolute Gasteiger partial charge is 0.494 e. The van der Waals surface area contributed by atoms with Gasteiger partial charge in [0.05, 0.1) is 17.9 Å². The highest BCUT2D eigenvalue weighted by Gasteiger charge is 2.20. The lowest BCUT2D eigenvalue weighted by Crippen LogP contribution is -2.31. The molecule has 30 heavy (non-hydrogen) atoms. The van der Waals surface area contributed by atoms with Crippen molar-refractivity contribution in [3.63, 3.8) is 0 Å². The summed E-state index contributed by atoms with van der Waals surface area (Å²) in [5.41, 5.74) is 5.18. The maximum atomic E-state index is 12.0. The zero-order valence-corrected chi connectivity index (χ0v) is 17.0. The van der Waals surface area contributed by atoms with Gasteiger partial charge in [0.25, 0.3) is 5.91 Å². The van der Waals surface area contributed by atoms with Gasteiger partial charge in [0, 0.05) is 48.1 Å². The number of pyridine rings is 1. The molecule has 8 heteroatoms. The van der Waals surface area contributed by atoms with Gasteiger partial charge in [0.15, 0.2) is 0 Å². The number of rotatable bonds is 7. The Morgan fingerprint density at radius 1 is 1.17 bits per heavy atom. The molecule has 1 aromatic carbocycles. The van der Waals surface area contributed by atoms with Gasteiger partial charge in [-0.3, -0.25) is 14.6 Å². The lowest BCUT2D eigenvalue weighted by Gasteiger charge is -2.11. The Balaban J connectivity index is 0.00000256. The second-order valence-electron chi connectivity index (χ2n) is 6.88. The summed E-state index contributed by atoms with van der Waals surface area (Å²) in [5, 5.41) is 11.6.